The van der Waals surface area contributed by atoms with Crippen LogP contribution < -0.4 is 5.32 Å². The van der Waals surface area contributed by atoms with Crippen molar-refractivity contribution in [1.82, 2.24) is 10.2 Å². The number of nitrogens with one attached hydrogen (secondary N) is 1. The molecule has 3 nitrogen and oxygen atoms in total. The molecular weight excluding hydrogens is 266 g/mol. The van der Waals surface area contributed by atoms with Gasteiger partial charge in [0.1, 0.15) is 0 Å². The number of hydrogen-bond acceptors (Lipinski definition) is 3. The molecule has 2 aliphatic carbocycles. The summed E-state index contributed by atoms with van der Waals surface area (Å²) in [6.45, 7) is 5.63. The highest BCUT2D eigenvalue weighted by Gasteiger charge is 2.39. The molecule has 0 amide bonds. The summed E-state index contributed by atoms with van der Waals surface area (Å²) in [4.78, 5) is 7.35. The van der Waals surface area contributed by atoms with Crippen molar-refractivity contribution >= 4 is 16.9 Å². The second-order valence-corrected chi connectivity index (χ2v) is 8.23. The molecule has 0 aromatic rings. The van der Waals surface area contributed by atoms with Crippen LogP contribution in [0, 0.1) is 5.92 Å². The van der Waals surface area contributed by atoms with E-state index in [1.165, 1.54) is 49.4 Å². The van der Waals surface area contributed by atoms with Crippen LogP contribution in [0.15, 0.2) is 4.99 Å². The second kappa shape index (κ2) is 5.88. The summed E-state index contributed by atoms with van der Waals surface area (Å²) in [5.41, 5.74) is 0.377. The molecule has 0 aromatic carbocycles. The Hall–Kier alpha value is -0.220. The summed E-state index contributed by atoms with van der Waals surface area (Å²) in [6.07, 6.45) is 8.18. The highest BCUT2D eigenvalue weighted by atomic mass is 32.2. The number of nitrogens with zero attached hydrogens (tertiary/aromatic N) is 2. The Morgan fingerprint density at radius 1 is 1.35 bits per heavy atom. The Kier molecular flexibility index (Phi) is 4.32. The first-order chi connectivity index (χ1) is 9.58. The Bertz CT molecular complexity index is 370. The van der Waals surface area contributed by atoms with E-state index in [1.54, 1.807) is 0 Å². The molecule has 0 bridgehead atoms. The normalized spacial score (nSPS) is 37.6. The van der Waals surface area contributed by atoms with E-state index in [9.17, 15) is 0 Å². The minimum atomic E-state index is 0.377. The first-order valence-electron chi connectivity index (χ1n) is 8.25. The zero-order valence-electron chi connectivity index (χ0n) is 13.2. The quantitative estimate of drug-likeness (QED) is 0.863. The number of aliphatic imine (C=N–C) groups is 1. The van der Waals surface area contributed by atoms with E-state index in [1.807, 2.05) is 11.8 Å². The predicted molar refractivity (Wildman–Crippen MR) is 88.5 cm³/mol. The number of likely N-dealkylation sites (N-methyl/N-ethyl adjacent to an activating group) is 1. The fraction of sp³-hybridized carbons (Fsp3) is 0.938. The van der Waals surface area contributed by atoms with Gasteiger partial charge in [0.05, 0.1) is 6.54 Å². The molecule has 114 valence electrons. The van der Waals surface area contributed by atoms with Crippen molar-refractivity contribution in [2.24, 2.45) is 10.9 Å². The van der Waals surface area contributed by atoms with Crippen molar-refractivity contribution in [1.29, 1.82) is 0 Å². The Morgan fingerprint density at radius 2 is 2.05 bits per heavy atom. The second-order valence-electron chi connectivity index (χ2n) is 7.27. The van der Waals surface area contributed by atoms with Crippen molar-refractivity contribution in [2.45, 2.75) is 70.0 Å². The smallest absolute Gasteiger partial charge is 0.157 e. The molecule has 20 heavy (non-hydrogen) atoms. The van der Waals surface area contributed by atoms with Gasteiger partial charge in [-0.25, -0.2) is 0 Å². The van der Waals surface area contributed by atoms with Gasteiger partial charge in [-0.15, -0.1) is 0 Å². The van der Waals surface area contributed by atoms with E-state index in [0.29, 0.717) is 11.6 Å². The van der Waals surface area contributed by atoms with E-state index in [4.69, 9.17) is 4.99 Å². The van der Waals surface area contributed by atoms with Crippen LogP contribution in [0.5, 0.6) is 0 Å². The number of rotatable bonds is 4. The zero-order valence-corrected chi connectivity index (χ0v) is 14.0. The van der Waals surface area contributed by atoms with Gasteiger partial charge in [0.25, 0.3) is 0 Å². The molecule has 2 saturated carbocycles. The van der Waals surface area contributed by atoms with E-state index in [-0.39, 0.29) is 0 Å². The molecule has 1 heterocycles. The Balaban J connectivity index is 1.50. The van der Waals surface area contributed by atoms with Gasteiger partial charge in [0.15, 0.2) is 5.17 Å². The van der Waals surface area contributed by atoms with Crippen molar-refractivity contribution < 1.29 is 0 Å². The molecule has 1 spiro atoms. The Labute approximate surface area is 128 Å². The Morgan fingerprint density at radius 3 is 2.70 bits per heavy atom. The van der Waals surface area contributed by atoms with Crippen LogP contribution in [0.3, 0.4) is 0 Å². The standard InChI is InChI=1S/C16H29N3S/c1-12-6-8-16(9-7-12)11-20-15(18-16)17-10-13(2)19(3)14-4-5-14/h12-14H,4-11H2,1-3H3,(H,17,18). The summed E-state index contributed by atoms with van der Waals surface area (Å²) in [5.74, 6) is 2.14. The minimum absolute atomic E-state index is 0.377. The van der Waals surface area contributed by atoms with Crippen molar-refractivity contribution in [2.75, 3.05) is 19.3 Å². The number of thioether (sulfide) groups is 1. The van der Waals surface area contributed by atoms with Gasteiger partial charge < -0.3 is 5.32 Å². The van der Waals surface area contributed by atoms with E-state index in [2.05, 4.69) is 31.1 Å². The minimum Gasteiger partial charge on any atom is -0.359 e. The maximum atomic E-state index is 4.85. The first kappa shape index (κ1) is 14.7. The monoisotopic (exact) mass is 295 g/mol. The van der Waals surface area contributed by atoms with Crippen LogP contribution in [0.4, 0.5) is 0 Å². The van der Waals surface area contributed by atoms with Crippen LogP contribution >= 0.6 is 11.8 Å². The molecule has 1 N–H and O–H groups in total. The summed E-state index contributed by atoms with van der Waals surface area (Å²) < 4.78 is 0. The molecule has 4 heteroatoms. The summed E-state index contributed by atoms with van der Waals surface area (Å²) in [5, 5.41) is 4.96. The van der Waals surface area contributed by atoms with Crippen LogP contribution in [0.2, 0.25) is 0 Å². The molecule has 1 unspecified atom stereocenters. The van der Waals surface area contributed by atoms with E-state index in [0.717, 1.165) is 18.5 Å². The average molecular weight is 295 g/mol. The van der Waals surface area contributed by atoms with Gasteiger partial charge in [-0.3, -0.25) is 9.89 Å². The molecule has 3 fully saturated rings. The number of hydrogen-bond donors (Lipinski definition) is 1. The van der Waals surface area contributed by atoms with Gasteiger partial charge in [-0.05, 0) is 58.4 Å². The van der Waals surface area contributed by atoms with Gasteiger partial charge >= 0.3 is 0 Å². The third-order valence-electron chi connectivity index (χ3n) is 5.41. The molecule has 0 aromatic heterocycles. The predicted octanol–water partition coefficient (Wildman–Crippen LogP) is 3.11. The van der Waals surface area contributed by atoms with Crippen molar-refractivity contribution in [3.05, 3.63) is 0 Å². The summed E-state index contributed by atoms with van der Waals surface area (Å²) in [7, 11) is 2.25. The fourth-order valence-corrected chi connectivity index (χ4v) is 4.59. The molecule has 1 saturated heterocycles. The van der Waals surface area contributed by atoms with Gasteiger partial charge in [0, 0.05) is 23.4 Å². The van der Waals surface area contributed by atoms with Crippen LogP contribution in [0.25, 0.3) is 0 Å². The van der Waals surface area contributed by atoms with Crippen LogP contribution in [-0.2, 0) is 0 Å². The third-order valence-corrected chi connectivity index (χ3v) is 6.61. The molecule has 1 aliphatic heterocycles. The lowest BCUT2D eigenvalue weighted by Gasteiger charge is -2.35. The zero-order chi connectivity index (χ0) is 14.2. The SMILES string of the molecule is CC1CCC2(CC1)CSC(=NCC(C)N(C)C1CC1)N2. The first-order valence-corrected chi connectivity index (χ1v) is 9.24. The van der Waals surface area contributed by atoms with Crippen molar-refractivity contribution in [3.63, 3.8) is 0 Å². The molecule has 0 radical (unpaired) electrons. The average Bonchev–Trinajstić information content (AvgIpc) is 3.22. The lowest BCUT2D eigenvalue weighted by atomic mass is 9.78. The van der Waals surface area contributed by atoms with Gasteiger partial charge in [0.2, 0.25) is 0 Å². The van der Waals surface area contributed by atoms with E-state index < -0.39 is 0 Å². The van der Waals surface area contributed by atoms with Crippen LogP contribution in [-0.4, -0.2) is 47.0 Å². The van der Waals surface area contributed by atoms with Crippen LogP contribution in [0.1, 0.15) is 52.4 Å². The molecule has 1 atom stereocenters. The lowest BCUT2D eigenvalue weighted by Crippen LogP contribution is -2.46. The fourth-order valence-electron chi connectivity index (χ4n) is 3.36. The topological polar surface area (TPSA) is 27.6 Å². The maximum Gasteiger partial charge on any atom is 0.157 e. The van der Waals surface area contributed by atoms with E-state index >= 15 is 0 Å². The van der Waals surface area contributed by atoms with Gasteiger partial charge in [-0.2, -0.15) is 0 Å². The molecule has 3 aliphatic rings. The summed E-state index contributed by atoms with van der Waals surface area (Å²) >= 11 is 1.95. The molecular formula is C16H29N3S. The lowest BCUT2D eigenvalue weighted by molar-refractivity contribution is 0.248. The number of amidine groups is 1. The third kappa shape index (κ3) is 3.33. The summed E-state index contributed by atoms with van der Waals surface area (Å²) in [6, 6.07) is 1.40. The largest absolute Gasteiger partial charge is 0.359 e. The highest BCUT2D eigenvalue weighted by molar-refractivity contribution is 8.14. The van der Waals surface area contributed by atoms with Gasteiger partial charge in [-0.1, -0.05) is 18.7 Å². The molecule has 3 rings (SSSR count). The highest BCUT2D eigenvalue weighted by Crippen LogP contribution is 2.38. The maximum absolute atomic E-state index is 4.85. The van der Waals surface area contributed by atoms with Crippen molar-refractivity contribution in [3.8, 4) is 0 Å².